The summed E-state index contributed by atoms with van der Waals surface area (Å²) in [4.78, 5) is 10.7. The third kappa shape index (κ3) is 2.19. The second-order valence-corrected chi connectivity index (χ2v) is 3.33. The highest BCUT2D eigenvalue weighted by atomic mass is 35.5. The topological polar surface area (TPSA) is 83.6 Å². The van der Waals surface area contributed by atoms with E-state index in [9.17, 15) is 14.3 Å². The zero-order valence-corrected chi connectivity index (χ0v) is 8.33. The van der Waals surface area contributed by atoms with Gasteiger partial charge in [0.15, 0.2) is 0 Å². The van der Waals surface area contributed by atoms with Crippen molar-refractivity contribution >= 4 is 17.6 Å². The summed E-state index contributed by atoms with van der Waals surface area (Å²) in [6.45, 7) is -0.319. The van der Waals surface area contributed by atoms with Crippen LogP contribution < -0.4 is 5.73 Å². The first-order valence-corrected chi connectivity index (χ1v) is 4.46. The fraction of sp³-hybridized carbons (Fsp3) is 0.222. The van der Waals surface area contributed by atoms with Gasteiger partial charge in [0.2, 0.25) is 0 Å². The van der Waals surface area contributed by atoms with Crippen molar-refractivity contribution in [3.05, 3.63) is 28.5 Å². The van der Waals surface area contributed by atoms with Crippen LogP contribution >= 0.6 is 11.6 Å². The molecule has 4 N–H and O–H groups in total. The molecule has 0 amide bonds. The molecule has 0 saturated carbocycles. The molecule has 1 aromatic rings. The number of phenols is 1. The highest BCUT2D eigenvalue weighted by Crippen LogP contribution is 2.32. The van der Waals surface area contributed by atoms with Gasteiger partial charge in [-0.05, 0) is 12.1 Å². The number of rotatable bonds is 3. The first kappa shape index (κ1) is 11.7. The highest BCUT2D eigenvalue weighted by Gasteiger charge is 2.26. The van der Waals surface area contributed by atoms with Gasteiger partial charge in [-0.25, -0.2) is 4.39 Å². The molecule has 1 rings (SSSR count). The lowest BCUT2D eigenvalue weighted by Crippen LogP contribution is -2.22. The van der Waals surface area contributed by atoms with E-state index in [1.165, 1.54) is 0 Å². The summed E-state index contributed by atoms with van der Waals surface area (Å²) in [6.07, 6.45) is 0. The third-order valence-corrected chi connectivity index (χ3v) is 2.28. The van der Waals surface area contributed by atoms with Crippen molar-refractivity contribution in [1.82, 2.24) is 0 Å². The number of carboxylic acids is 1. The van der Waals surface area contributed by atoms with Gasteiger partial charge in [0, 0.05) is 12.1 Å². The predicted octanol–water partition coefficient (Wildman–Crippen LogP) is 1.31. The maximum atomic E-state index is 13.4. The van der Waals surface area contributed by atoms with Gasteiger partial charge in [-0.2, -0.15) is 0 Å². The predicted molar refractivity (Wildman–Crippen MR) is 52.5 cm³/mol. The van der Waals surface area contributed by atoms with Crippen LogP contribution in [-0.2, 0) is 4.79 Å². The lowest BCUT2D eigenvalue weighted by atomic mass is 9.98. The van der Waals surface area contributed by atoms with Gasteiger partial charge >= 0.3 is 5.97 Å². The average Bonchev–Trinajstić information content (AvgIpc) is 2.18. The van der Waals surface area contributed by atoms with Crippen LogP contribution in [0, 0.1) is 5.82 Å². The minimum Gasteiger partial charge on any atom is -0.508 e. The van der Waals surface area contributed by atoms with Crippen LogP contribution in [0.1, 0.15) is 11.5 Å². The Morgan fingerprint density at radius 3 is 2.67 bits per heavy atom. The summed E-state index contributed by atoms with van der Waals surface area (Å²) < 4.78 is 13.4. The molecular formula is C9H9ClFNO3. The molecule has 0 bridgehead atoms. The normalized spacial score (nSPS) is 12.5. The van der Waals surface area contributed by atoms with Crippen LogP contribution in [0.3, 0.4) is 0 Å². The van der Waals surface area contributed by atoms with Crippen LogP contribution in [0.25, 0.3) is 0 Å². The second kappa shape index (κ2) is 4.46. The third-order valence-electron chi connectivity index (χ3n) is 1.99. The minimum absolute atomic E-state index is 0.248. The molecule has 1 unspecified atom stereocenters. The maximum Gasteiger partial charge on any atom is 0.312 e. The lowest BCUT2D eigenvalue weighted by molar-refractivity contribution is -0.138. The summed E-state index contributed by atoms with van der Waals surface area (Å²) in [5, 5.41) is 17.9. The Bertz CT molecular complexity index is 397. The van der Waals surface area contributed by atoms with Gasteiger partial charge in [-0.1, -0.05) is 11.6 Å². The van der Waals surface area contributed by atoms with E-state index in [4.69, 9.17) is 22.4 Å². The van der Waals surface area contributed by atoms with Crippen LogP contribution in [0.2, 0.25) is 5.02 Å². The van der Waals surface area contributed by atoms with Gasteiger partial charge in [-0.15, -0.1) is 0 Å². The van der Waals surface area contributed by atoms with Crippen LogP contribution in [-0.4, -0.2) is 22.7 Å². The Balaban J connectivity index is 3.34. The van der Waals surface area contributed by atoms with Crippen molar-refractivity contribution in [2.24, 2.45) is 5.73 Å². The summed E-state index contributed by atoms with van der Waals surface area (Å²) >= 11 is 5.47. The van der Waals surface area contributed by atoms with Crippen molar-refractivity contribution in [1.29, 1.82) is 0 Å². The quantitative estimate of drug-likeness (QED) is 0.735. The SMILES string of the molecule is NCC(C(=O)O)c1c(O)ccc(Cl)c1F. The van der Waals surface area contributed by atoms with Gasteiger partial charge in [0.05, 0.1) is 5.02 Å². The number of hydrogen-bond donors (Lipinski definition) is 3. The van der Waals surface area contributed by atoms with E-state index in [2.05, 4.69) is 0 Å². The summed E-state index contributed by atoms with van der Waals surface area (Å²) in [7, 11) is 0. The molecule has 1 aromatic carbocycles. The van der Waals surface area contributed by atoms with Gasteiger partial charge < -0.3 is 15.9 Å². The zero-order valence-electron chi connectivity index (χ0n) is 7.58. The van der Waals surface area contributed by atoms with Crippen molar-refractivity contribution < 1.29 is 19.4 Å². The summed E-state index contributed by atoms with van der Waals surface area (Å²) in [6, 6.07) is 2.28. The fourth-order valence-electron chi connectivity index (χ4n) is 1.23. The highest BCUT2D eigenvalue weighted by molar-refractivity contribution is 6.30. The largest absolute Gasteiger partial charge is 0.508 e. The molecule has 0 spiro atoms. The molecule has 0 aliphatic carbocycles. The van der Waals surface area contributed by atoms with E-state index in [1.807, 2.05) is 0 Å². The minimum atomic E-state index is -1.31. The van der Waals surface area contributed by atoms with Crippen LogP contribution in [0.4, 0.5) is 4.39 Å². The Hall–Kier alpha value is -1.33. The van der Waals surface area contributed by atoms with E-state index in [1.54, 1.807) is 0 Å². The molecule has 0 aliphatic heterocycles. The molecule has 1 atom stereocenters. The Labute approximate surface area is 90.1 Å². The van der Waals surface area contributed by atoms with Crippen LogP contribution in [0.5, 0.6) is 5.75 Å². The number of nitrogens with two attached hydrogens (primary N) is 1. The van der Waals surface area contributed by atoms with Crippen molar-refractivity contribution in [2.45, 2.75) is 5.92 Å². The maximum absolute atomic E-state index is 13.4. The Morgan fingerprint density at radius 1 is 1.60 bits per heavy atom. The number of aromatic hydroxyl groups is 1. The number of benzene rings is 1. The van der Waals surface area contributed by atoms with E-state index in [0.29, 0.717) is 0 Å². The monoisotopic (exact) mass is 233 g/mol. The number of carboxylic acid groups (broad SMARTS) is 1. The molecule has 0 fully saturated rings. The number of halogens is 2. The smallest absolute Gasteiger partial charge is 0.312 e. The molecule has 15 heavy (non-hydrogen) atoms. The lowest BCUT2D eigenvalue weighted by Gasteiger charge is -2.13. The van der Waals surface area contributed by atoms with Gasteiger partial charge in [-0.3, -0.25) is 4.79 Å². The molecule has 0 saturated heterocycles. The van der Waals surface area contributed by atoms with E-state index < -0.39 is 23.5 Å². The van der Waals surface area contributed by atoms with Crippen molar-refractivity contribution in [3.63, 3.8) is 0 Å². The molecule has 82 valence electrons. The number of phenolic OH excluding ortho intramolecular Hbond substituents is 1. The zero-order chi connectivity index (χ0) is 11.6. The molecule has 4 nitrogen and oxygen atoms in total. The fourth-order valence-corrected chi connectivity index (χ4v) is 1.39. The first-order chi connectivity index (χ1) is 6.99. The van der Waals surface area contributed by atoms with Crippen LogP contribution in [0.15, 0.2) is 12.1 Å². The summed E-state index contributed by atoms with van der Waals surface area (Å²) in [5.74, 6) is -4.03. The Kier molecular flexibility index (Phi) is 3.49. The number of aliphatic carboxylic acids is 1. The first-order valence-electron chi connectivity index (χ1n) is 4.08. The van der Waals surface area contributed by atoms with E-state index in [0.717, 1.165) is 12.1 Å². The van der Waals surface area contributed by atoms with Gasteiger partial charge in [0.1, 0.15) is 17.5 Å². The average molecular weight is 234 g/mol. The molecule has 0 aliphatic rings. The van der Waals surface area contributed by atoms with Gasteiger partial charge in [0.25, 0.3) is 0 Å². The summed E-state index contributed by atoms with van der Waals surface area (Å²) in [5.41, 5.74) is 4.81. The van der Waals surface area contributed by atoms with E-state index >= 15 is 0 Å². The van der Waals surface area contributed by atoms with Crippen molar-refractivity contribution in [3.8, 4) is 5.75 Å². The van der Waals surface area contributed by atoms with Crippen molar-refractivity contribution in [2.75, 3.05) is 6.54 Å². The number of carbonyl (C=O) groups is 1. The molecule has 0 aromatic heterocycles. The second-order valence-electron chi connectivity index (χ2n) is 2.92. The molecule has 0 radical (unpaired) electrons. The number of hydrogen-bond acceptors (Lipinski definition) is 3. The standard InChI is InChI=1S/C9H9ClFNO3/c10-5-1-2-6(13)7(8(5)11)4(3-12)9(14)15/h1-2,4,13H,3,12H2,(H,14,15). The van der Waals surface area contributed by atoms with E-state index in [-0.39, 0.29) is 17.1 Å². The Morgan fingerprint density at radius 2 is 2.20 bits per heavy atom. The molecular weight excluding hydrogens is 225 g/mol. The molecule has 6 heteroatoms. The molecule has 0 heterocycles.